The molecular weight excluding hydrogens is 356 g/mol. The van der Waals surface area contributed by atoms with Crippen molar-refractivity contribution in [2.45, 2.75) is 10.9 Å². The first kappa shape index (κ1) is 15.9. The summed E-state index contributed by atoms with van der Waals surface area (Å²) in [4.78, 5) is 5.58. The molecule has 0 aliphatic rings. The van der Waals surface area contributed by atoms with Crippen LogP contribution in [-0.4, -0.2) is 27.4 Å². The molecule has 0 atom stereocenters. The maximum absolute atomic E-state index is 5.38. The predicted octanol–water partition coefficient (Wildman–Crippen LogP) is 4.49. The first-order chi connectivity index (χ1) is 12.3. The summed E-state index contributed by atoms with van der Waals surface area (Å²) in [5.74, 6) is 2.98. The van der Waals surface area contributed by atoms with Crippen molar-refractivity contribution in [3.8, 4) is 27.8 Å². The number of hydrogen-bond acceptors (Lipinski definition) is 7. The van der Waals surface area contributed by atoms with Crippen molar-refractivity contribution >= 4 is 23.1 Å². The van der Waals surface area contributed by atoms with Gasteiger partial charge in [0.05, 0.1) is 17.7 Å². The Balaban J connectivity index is 1.41. The van der Waals surface area contributed by atoms with E-state index in [0.717, 1.165) is 33.5 Å². The van der Waals surface area contributed by atoms with Crippen LogP contribution >= 0.6 is 23.1 Å². The van der Waals surface area contributed by atoms with Crippen LogP contribution in [0.1, 0.15) is 5.69 Å². The molecule has 0 amide bonds. The van der Waals surface area contributed by atoms with Crippen LogP contribution in [0.4, 0.5) is 0 Å². The standard InChI is InChI=1S/C17H14N4O2S2/c1-22-13-6-4-11(5-7-13)16-18-17(20-19-16)25-10-12-9-14(23-21-12)15-3-2-8-24-15/h2-9H,10H2,1H3,(H,18,19,20). The van der Waals surface area contributed by atoms with Gasteiger partial charge in [0.25, 0.3) is 0 Å². The lowest BCUT2D eigenvalue weighted by molar-refractivity contribution is 0.415. The number of thiophene rings is 1. The van der Waals surface area contributed by atoms with Crippen LogP contribution in [0.25, 0.3) is 22.0 Å². The molecule has 4 aromatic rings. The minimum absolute atomic E-state index is 0.648. The van der Waals surface area contributed by atoms with Crippen molar-refractivity contribution in [2.75, 3.05) is 7.11 Å². The number of H-pyrrole nitrogens is 1. The van der Waals surface area contributed by atoms with Gasteiger partial charge in [-0.1, -0.05) is 23.0 Å². The normalized spacial score (nSPS) is 10.9. The van der Waals surface area contributed by atoms with E-state index in [0.29, 0.717) is 10.9 Å². The van der Waals surface area contributed by atoms with Crippen molar-refractivity contribution < 1.29 is 9.26 Å². The van der Waals surface area contributed by atoms with Crippen LogP contribution in [0.3, 0.4) is 0 Å². The zero-order chi connectivity index (χ0) is 17.1. The molecule has 6 nitrogen and oxygen atoms in total. The van der Waals surface area contributed by atoms with Gasteiger partial charge in [-0.3, -0.25) is 5.10 Å². The van der Waals surface area contributed by atoms with Gasteiger partial charge in [-0.25, -0.2) is 4.98 Å². The van der Waals surface area contributed by atoms with E-state index in [2.05, 4.69) is 20.3 Å². The number of methoxy groups -OCH3 is 1. The molecule has 0 spiro atoms. The molecule has 1 N–H and O–H groups in total. The van der Waals surface area contributed by atoms with Crippen molar-refractivity contribution in [3.05, 3.63) is 53.5 Å². The number of rotatable bonds is 6. The number of aromatic amines is 1. The monoisotopic (exact) mass is 370 g/mol. The Kier molecular flexibility index (Phi) is 4.53. The first-order valence-electron chi connectivity index (χ1n) is 7.51. The summed E-state index contributed by atoms with van der Waals surface area (Å²) in [5.41, 5.74) is 1.82. The lowest BCUT2D eigenvalue weighted by atomic mass is 10.2. The van der Waals surface area contributed by atoms with Crippen molar-refractivity contribution in [1.82, 2.24) is 20.3 Å². The van der Waals surface area contributed by atoms with Gasteiger partial charge in [-0.2, -0.15) is 0 Å². The average molecular weight is 370 g/mol. The second-order valence-corrected chi connectivity index (χ2v) is 7.03. The van der Waals surface area contributed by atoms with Gasteiger partial charge in [0, 0.05) is 17.4 Å². The summed E-state index contributed by atoms with van der Waals surface area (Å²) in [6, 6.07) is 13.6. The van der Waals surface area contributed by atoms with Crippen LogP contribution in [0.5, 0.6) is 5.75 Å². The average Bonchev–Trinajstić information content (AvgIpc) is 3.41. The van der Waals surface area contributed by atoms with Gasteiger partial charge in [0.15, 0.2) is 11.6 Å². The Morgan fingerprint density at radius 2 is 2.12 bits per heavy atom. The molecule has 0 unspecified atom stereocenters. The molecule has 0 aliphatic carbocycles. The van der Waals surface area contributed by atoms with Crippen molar-refractivity contribution in [3.63, 3.8) is 0 Å². The summed E-state index contributed by atoms with van der Waals surface area (Å²) in [5, 5.41) is 14.0. The van der Waals surface area contributed by atoms with E-state index in [1.54, 1.807) is 18.4 Å². The van der Waals surface area contributed by atoms with Crippen molar-refractivity contribution in [1.29, 1.82) is 0 Å². The van der Waals surface area contributed by atoms with Crippen LogP contribution in [0.2, 0.25) is 0 Å². The maximum atomic E-state index is 5.38. The van der Waals surface area contributed by atoms with E-state index in [1.165, 1.54) is 11.8 Å². The van der Waals surface area contributed by atoms with Crippen LogP contribution in [0.15, 0.2) is 57.5 Å². The number of benzene rings is 1. The molecule has 0 saturated carbocycles. The van der Waals surface area contributed by atoms with Gasteiger partial charge < -0.3 is 9.26 Å². The van der Waals surface area contributed by atoms with E-state index in [1.807, 2.05) is 47.8 Å². The summed E-state index contributed by atoms with van der Waals surface area (Å²) in [7, 11) is 1.64. The van der Waals surface area contributed by atoms with Crippen molar-refractivity contribution in [2.24, 2.45) is 0 Å². The first-order valence-corrected chi connectivity index (χ1v) is 9.37. The topological polar surface area (TPSA) is 76.8 Å². The highest BCUT2D eigenvalue weighted by atomic mass is 32.2. The number of aromatic nitrogens is 4. The summed E-state index contributed by atoms with van der Waals surface area (Å²) < 4.78 is 10.5. The molecule has 0 saturated heterocycles. The molecule has 8 heteroatoms. The third-order valence-corrected chi connectivity index (χ3v) is 5.27. The van der Waals surface area contributed by atoms with E-state index in [4.69, 9.17) is 9.26 Å². The van der Waals surface area contributed by atoms with E-state index in [9.17, 15) is 0 Å². The second kappa shape index (κ2) is 7.12. The number of nitrogens with zero attached hydrogens (tertiary/aromatic N) is 3. The summed E-state index contributed by atoms with van der Waals surface area (Å²) in [6.07, 6.45) is 0. The Bertz CT molecular complexity index is 945. The van der Waals surface area contributed by atoms with Crippen LogP contribution in [-0.2, 0) is 5.75 Å². The van der Waals surface area contributed by atoms with E-state index in [-0.39, 0.29) is 0 Å². The SMILES string of the molecule is COc1ccc(-c2nc(SCc3cc(-c4cccs4)on3)n[nH]2)cc1. The lowest BCUT2D eigenvalue weighted by Gasteiger charge is -1.99. The lowest BCUT2D eigenvalue weighted by Crippen LogP contribution is -1.84. The molecule has 4 rings (SSSR count). The molecule has 25 heavy (non-hydrogen) atoms. The smallest absolute Gasteiger partial charge is 0.209 e. The molecule has 3 aromatic heterocycles. The highest BCUT2D eigenvalue weighted by molar-refractivity contribution is 7.98. The van der Waals surface area contributed by atoms with Gasteiger partial charge in [0.2, 0.25) is 5.16 Å². The van der Waals surface area contributed by atoms with Gasteiger partial charge >= 0.3 is 0 Å². The highest BCUT2D eigenvalue weighted by Gasteiger charge is 2.10. The fraction of sp³-hybridized carbons (Fsp3) is 0.118. The number of hydrogen-bond donors (Lipinski definition) is 1. The third kappa shape index (κ3) is 3.59. The number of ether oxygens (including phenoxy) is 1. The summed E-state index contributed by atoms with van der Waals surface area (Å²) >= 11 is 3.14. The molecule has 1 aromatic carbocycles. The van der Waals surface area contributed by atoms with E-state index < -0.39 is 0 Å². The highest BCUT2D eigenvalue weighted by Crippen LogP contribution is 2.28. The van der Waals surface area contributed by atoms with Crippen LogP contribution in [0, 0.1) is 0 Å². The third-order valence-electron chi connectivity index (χ3n) is 3.50. The fourth-order valence-electron chi connectivity index (χ4n) is 2.24. The second-order valence-electron chi connectivity index (χ2n) is 5.14. The van der Waals surface area contributed by atoms with Gasteiger partial charge in [-0.15, -0.1) is 16.4 Å². The quantitative estimate of drug-likeness (QED) is 0.504. The zero-order valence-electron chi connectivity index (χ0n) is 13.3. The Labute approximate surface area is 152 Å². The largest absolute Gasteiger partial charge is 0.497 e. The minimum Gasteiger partial charge on any atom is -0.497 e. The predicted molar refractivity (Wildman–Crippen MR) is 97.7 cm³/mol. The Morgan fingerprint density at radius 3 is 2.88 bits per heavy atom. The number of nitrogens with one attached hydrogen (secondary N) is 1. The molecule has 126 valence electrons. The molecule has 0 aliphatic heterocycles. The molecule has 0 radical (unpaired) electrons. The number of thioether (sulfide) groups is 1. The Morgan fingerprint density at radius 1 is 1.24 bits per heavy atom. The summed E-state index contributed by atoms with van der Waals surface area (Å²) in [6.45, 7) is 0. The van der Waals surface area contributed by atoms with Gasteiger partial charge in [0.1, 0.15) is 5.75 Å². The van der Waals surface area contributed by atoms with Gasteiger partial charge in [-0.05, 0) is 35.7 Å². The Hall–Kier alpha value is -2.58. The molecule has 3 heterocycles. The van der Waals surface area contributed by atoms with E-state index >= 15 is 0 Å². The minimum atomic E-state index is 0.648. The molecular formula is C17H14N4O2S2. The maximum Gasteiger partial charge on any atom is 0.209 e. The molecule has 0 fully saturated rings. The molecule has 0 bridgehead atoms. The zero-order valence-corrected chi connectivity index (χ0v) is 14.9. The fourth-order valence-corrected chi connectivity index (χ4v) is 3.59. The van der Waals surface area contributed by atoms with Crippen LogP contribution < -0.4 is 4.74 Å².